The number of alkyl halides is 5. The van der Waals surface area contributed by atoms with E-state index in [4.69, 9.17) is 4.74 Å². The highest BCUT2D eigenvalue weighted by atomic mass is 19.4. The largest absolute Gasteiger partial charge is 0.416 e. The smallest absolute Gasteiger partial charge is 0.364 e. The molecule has 2 atom stereocenters. The molecule has 0 aliphatic heterocycles. The quantitative estimate of drug-likeness (QED) is 0.263. The van der Waals surface area contributed by atoms with Crippen LogP contribution in [0.25, 0.3) is 5.65 Å². The molecule has 2 saturated carbocycles. The second-order valence-electron chi connectivity index (χ2n) is 12.6. The Kier molecular flexibility index (Phi) is 8.46. The van der Waals surface area contributed by atoms with Crippen molar-refractivity contribution in [3.63, 3.8) is 0 Å². The van der Waals surface area contributed by atoms with Gasteiger partial charge in [-0.15, -0.1) is 0 Å². The highest BCUT2D eigenvalue weighted by Crippen LogP contribution is 2.45. The first-order valence-electron chi connectivity index (χ1n) is 14.6. The third-order valence-corrected chi connectivity index (χ3v) is 8.13. The standard InChI is InChI=1S/C29H36F5N7O3/c1-16(2)41-22(7-8-35-41)26(43)38-21(15-44-27(3,4)29(32,33)34)20-14-40-23(37-20)10-19(13-36-40)25(18-5-6-18)39-24(42)9-17-11-28(30,31)12-17/h7-8,10,13-14,16-18,21,25H,5-6,9,11-12,15H2,1-4H3,(H,38,43)(H,39,42)/t21-,25?/m0/s1. The molecule has 2 aliphatic rings. The van der Waals surface area contributed by atoms with E-state index in [2.05, 4.69) is 25.8 Å². The number of ether oxygens (including phenoxy) is 1. The van der Waals surface area contributed by atoms with Gasteiger partial charge in [0.05, 0.1) is 36.8 Å². The maximum atomic E-state index is 13.6. The summed E-state index contributed by atoms with van der Waals surface area (Å²) < 4.78 is 75.4. The van der Waals surface area contributed by atoms with Gasteiger partial charge in [-0.2, -0.15) is 23.4 Å². The van der Waals surface area contributed by atoms with Crippen LogP contribution in [0, 0.1) is 11.8 Å². The molecule has 0 saturated heterocycles. The third-order valence-electron chi connectivity index (χ3n) is 8.13. The number of imidazole rings is 1. The van der Waals surface area contributed by atoms with Crippen LogP contribution in [0.2, 0.25) is 0 Å². The number of nitrogens with zero attached hydrogens (tertiary/aromatic N) is 5. The molecule has 15 heteroatoms. The number of halogens is 5. The Labute approximate surface area is 250 Å². The Bertz CT molecular complexity index is 1500. The first-order chi connectivity index (χ1) is 20.5. The molecule has 2 aliphatic carbocycles. The summed E-state index contributed by atoms with van der Waals surface area (Å²) in [7, 11) is 0. The summed E-state index contributed by atoms with van der Waals surface area (Å²) >= 11 is 0. The third kappa shape index (κ3) is 7.02. The van der Waals surface area contributed by atoms with Crippen LogP contribution in [-0.4, -0.2) is 60.5 Å². The van der Waals surface area contributed by atoms with E-state index in [-0.39, 0.29) is 60.5 Å². The highest BCUT2D eigenvalue weighted by molar-refractivity contribution is 5.92. The average molecular weight is 626 g/mol. The van der Waals surface area contributed by atoms with Crippen molar-refractivity contribution in [2.24, 2.45) is 11.8 Å². The van der Waals surface area contributed by atoms with E-state index < -0.39 is 36.3 Å². The summed E-state index contributed by atoms with van der Waals surface area (Å²) in [6.45, 7) is 4.95. The predicted molar refractivity (Wildman–Crippen MR) is 148 cm³/mol. The maximum Gasteiger partial charge on any atom is 0.416 e. The number of carbonyl (C=O) groups excluding carboxylic acids is 2. The van der Waals surface area contributed by atoms with Crippen LogP contribution in [0.15, 0.2) is 30.7 Å². The summed E-state index contributed by atoms with van der Waals surface area (Å²) in [6, 6.07) is 1.61. The summed E-state index contributed by atoms with van der Waals surface area (Å²) in [6.07, 6.45) is 1.06. The van der Waals surface area contributed by atoms with Gasteiger partial charge >= 0.3 is 6.18 Å². The van der Waals surface area contributed by atoms with Gasteiger partial charge < -0.3 is 15.4 Å². The van der Waals surface area contributed by atoms with Crippen molar-refractivity contribution in [3.05, 3.63) is 47.7 Å². The van der Waals surface area contributed by atoms with Crippen LogP contribution in [0.1, 0.15) is 99.7 Å². The number of hydrogen-bond donors (Lipinski definition) is 2. The van der Waals surface area contributed by atoms with Gasteiger partial charge in [-0.1, -0.05) is 0 Å². The summed E-state index contributed by atoms with van der Waals surface area (Å²) in [5.41, 5.74) is -1.05. The van der Waals surface area contributed by atoms with Crippen molar-refractivity contribution in [1.29, 1.82) is 0 Å². The first-order valence-corrected chi connectivity index (χ1v) is 14.6. The van der Waals surface area contributed by atoms with Gasteiger partial charge in [0, 0.05) is 31.5 Å². The Morgan fingerprint density at radius 3 is 2.45 bits per heavy atom. The predicted octanol–water partition coefficient (Wildman–Crippen LogP) is 5.34. The molecule has 10 nitrogen and oxygen atoms in total. The van der Waals surface area contributed by atoms with Gasteiger partial charge in [-0.3, -0.25) is 14.3 Å². The molecule has 3 heterocycles. The lowest BCUT2D eigenvalue weighted by Crippen LogP contribution is -2.44. The number of hydrogen-bond acceptors (Lipinski definition) is 6. The number of rotatable bonds is 12. The second-order valence-corrected chi connectivity index (χ2v) is 12.6. The van der Waals surface area contributed by atoms with Crippen molar-refractivity contribution in [2.45, 2.75) is 95.6 Å². The Morgan fingerprint density at radius 1 is 1.14 bits per heavy atom. The van der Waals surface area contributed by atoms with Crippen molar-refractivity contribution in [1.82, 2.24) is 35.0 Å². The summed E-state index contributed by atoms with van der Waals surface area (Å²) in [5.74, 6) is -3.76. The van der Waals surface area contributed by atoms with Crippen LogP contribution in [-0.2, 0) is 9.53 Å². The zero-order chi connectivity index (χ0) is 32.0. The fourth-order valence-corrected chi connectivity index (χ4v) is 5.29. The lowest BCUT2D eigenvalue weighted by molar-refractivity contribution is -0.265. The minimum absolute atomic E-state index is 0.0212. The molecule has 2 fully saturated rings. The monoisotopic (exact) mass is 625 g/mol. The molecule has 0 radical (unpaired) electrons. The number of carbonyl (C=O) groups is 2. The zero-order valence-corrected chi connectivity index (χ0v) is 24.9. The van der Waals surface area contributed by atoms with Crippen molar-refractivity contribution < 1.29 is 36.3 Å². The van der Waals surface area contributed by atoms with E-state index in [1.54, 1.807) is 12.3 Å². The highest BCUT2D eigenvalue weighted by Gasteiger charge is 2.49. The molecule has 5 rings (SSSR count). The number of aromatic nitrogens is 5. The fourth-order valence-electron chi connectivity index (χ4n) is 5.29. The molecule has 0 bridgehead atoms. The lowest BCUT2D eigenvalue weighted by atomic mass is 9.79. The lowest BCUT2D eigenvalue weighted by Gasteiger charge is -2.34. The fraction of sp³-hybridized carbons (Fsp3) is 0.621. The number of amides is 2. The molecule has 1 unspecified atom stereocenters. The van der Waals surface area contributed by atoms with Crippen LogP contribution < -0.4 is 10.6 Å². The van der Waals surface area contributed by atoms with Gasteiger partial charge in [-0.25, -0.2) is 18.3 Å². The molecule has 2 N–H and O–H groups in total. The molecule has 44 heavy (non-hydrogen) atoms. The van der Waals surface area contributed by atoms with Gasteiger partial charge in [0.25, 0.3) is 5.91 Å². The topological polar surface area (TPSA) is 115 Å². The van der Waals surface area contributed by atoms with Crippen LogP contribution in [0.4, 0.5) is 22.0 Å². The molecule has 240 valence electrons. The zero-order valence-electron chi connectivity index (χ0n) is 24.9. The van der Waals surface area contributed by atoms with Gasteiger partial charge in [0.2, 0.25) is 11.8 Å². The Hall–Kier alpha value is -3.62. The van der Waals surface area contributed by atoms with Gasteiger partial charge in [-0.05, 0) is 70.1 Å². The molecule has 0 aromatic carbocycles. The van der Waals surface area contributed by atoms with E-state index >= 15 is 0 Å². The van der Waals surface area contributed by atoms with Gasteiger partial charge in [0.15, 0.2) is 11.2 Å². The van der Waals surface area contributed by atoms with Crippen LogP contribution in [0.5, 0.6) is 0 Å². The Morgan fingerprint density at radius 2 is 1.84 bits per heavy atom. The van der Waals surface area contributed by atoms with Gasteiger partial charge in [0.1, 0.15) is 5.69 Å². The average Bonchev–Trinajstić information content (AvgIpc) is 3.45. The van der Waals surface area contributed by atoms with E-state index in [0.717, 1.165) is 26.7 Å². The SMILES string of the molecule is CC(C)n1nccc1C(=O)N[C@@H](COC(C)(C)C(F)(F)F)c1cn2ncc(C(NC(=O)CC3CC(F)(F)C3)C3CC3)cc2n1. The second kappa shape index (κ2) is 11.7. The summed E-state index contributed by atoms with van der Waals surface area (Å²) in [4.78, 5) is 30.5. The molecular formula is C29H36F5N7O3. The van der Waals surface area contributed by atoms with E-state index in [1.807, 2.05) is 13.8 Å². The minimum Gasteiger partial charge on any atom is -0.364 e. The maximum absolute atomic E-state index is 13.6. The molecular weight excluding hydrogens is 589 g/mol. The molecule has 2 amide bonds. The van der Waals surface area contributed by atoms with E-state index in [1.165, 1.54) is 27.7 Å². The van der Waals surface area contributed by atoms with Crippen molar-refractivity contribution in [2.75, 3.05) is 6.61 Å². The number of fused-ring (bicyclic) bond motifs is 1. The van der Waals surface area contributed by atoms with Crippen LogP contribution >= 0.6 is 0 Å². The Balaban J connectivity index is 1.37. The minimum atomic E-state index is -4.66. The van der Waals surface area contributed by atoms with E-state index in [9.17, 15) is 31.5 Å². The molecule has 3 aromatic rings. The van der Waals surface area contributed by atoms with Crippen molar-refractivity contribution in [3.8, 4) is 0 Å². The van der Waals surface area contributed by atoms with Crippen molar-refractivity contribution >= 4 is 17.5 Å². The summed E-state index contributed by atoms with van der Waals surface area (Å²) in [5, 5.41) is 14.3. The molecule has 0 spiro atoms. The molecule has 3 aromatic heterocycles. The first kappa shape index (κ1) is 31.8. The number of nitrogens with one attached hydrogen (secondary N) is 2. The van der Waals surface area contributed by atoms with Crippen LogP contribution in [0.3, 0.4) is 0 Å². The normalized spacial score (nSPS) is 18.7. The van der Waals surface area contributed by atoms with E-state index in [0.29, 0.717) is 11.2 Å².